The lowest BCUT2D eigenvalue weighted by atomic mass is 10.3. The van der Waals surface area contributed by atoms with Gasteiger partial charge in [-0.15, -0.1) is 0 Å². The molecule has 0 amide bonds. The van der Waals surface area contributed by atoms with Crippen LogP contribution in [0.3, 0.4) is 0 Å². The van der Waals surface area contributed by atoms with E-state index in [2.05, 4.69) is 10.4 Å². The number of nitro benzene ring substituents is 1. The van der Waals surface area contributed by atoms with E-state index in [1.165, 1.54) is 36.7 Å². The van der Waals surface area contributed by atoms with Crippen LogP contribution >= 0.6 is 0 Å². The van der Waals surface area contributed by atoms with Crippen molar-refractivity contribution in [3.63, 3.8) is 0 Å². The first kappa shape index (κ1) is 12.9. The number of non-ortho nitro benzene ring substituents is 1. The molecule has 0 fully saturated rings. The number of nitrogens with zero attached hydrogens (tertiary/aromatic N) is 3. The number of anilines is 2. The molecule has 0 unspecified atom stereocenters. The van der Waals surface area contributed by atoms with Gasteiger partial charge < -0.3 is 5.32 Å². The zero-order valence-electron chi connectivity index (χ0n) is 9.66. The average molecular weight is 268 g/mol. The molecule has 19 heavy (non-hydrogen) atoms. The average Bonchev–Trinajstić information content (AvgIpc) is 2.76. The Morgan fingerprint density at radius 2 is 2.00 bits per heavy atom. The maximum absolute atomic E-state index is 12.1. The van der Waals surface area contributed by atoms with E-state index in [-0.39, 0.29) is 5.69 Å². The van der Waals surface area contributed by atoms with Crippen LogP contribution in [-0.2, 0) is 6.54 Å². The van der Waals surface area contributed by atoms with Gasteiger partial charge in [0.15, 0.2) is 0 Å². The summed E-state index contributed by atoms with van der Waals surface area (Å²) in [7, 11) is 0. The molecule has 0 aliphatic rings. The van der Waals surface area contributed by atoms with Crippen molar-refractivity contribution in [2.45, 2.75) is 13.0 Å². The summed E-state index contributed by atoms with van der Waals surface area (Å²) in [5.41, 5.74) is 1.13. The van der Waals surface area contributed by atoms with Crippen LogP contribution in [0.2, 0.25) is 0 Å². The lowest BCUT2D eigenvalue weighted by Crippen LogP contribution is -2.06. The first-order valence-corrected chi connectivity index (χ1v) is 5.36. The number of benzene rings is 1. The van der Waals surface area contributed by atoms with Crippen molar-refractivity contribution < 1.29 is 13.7 Å². The van der Waals surface area contributed by atoms with Crippen molar-refractivity contribution in [1.29, 1.82) is 0 Å². The van der Waals surface area contributed by atoms with Gasteiger partial charge in [0.2, 0.25) is 0 Å². The number of nitrogens with one attached hydrogen (secondary N) is 1. The Labute approximate surface area is 106 Å². The van der Waals surface area contributed by atoms with Crippen LogP contribution in [-0.4, -0.2) is 21.1 Å². The number of rotatable bonds is 5. The molecule has 1 heterocycles. The number of halogens is 2. The van der Waals surface area contributed by atoms with Crippen LogP contribution < -0.4 is 5.32 Å². The summed E-state index contributed by atoms with van der Waals surface area (Å²) in [4.78, 5) is 9.98. The second-order valence-corrected chi connectivity index (χ2v) is 3.77. The third kappa shape index (κ3) is 3.47. The van der Waals surface area contributed by atoms with Crippen molar-refractivity contribution in [1.82, 2.24) is 9.78 Å². The number of aromatic nitrogens is 2. The number of hydrogen-bond donors (Lipinski definition) is 1. The fourth-order valence-corrected chi connectivity index (χ4v) is 1.50. The second kappa shape index (κ2) is 5.42. The standard InChI is InChI=1S/C11H10F2N4O2/c12-11(13)7-16-6-9(5-14-16)15-8-1-3-10(4-2-8)17(18)19/h1-6,11,15H,7H2. The molecule has 0 aliphatic carbocycles. The van der Waals surface area contributed by atoms with Crippen molar-refractivity contribution in [2.24, 2.45) is 0 Å². The SMILES string of the molecule is O=[N+]([O-])c1ccc(Nc2cnn(CC(F)F)c2)cc1. The molecule has 0 aliphatic heterocycles. The Balaban J connectivity index is 2.04. The van der Waals surface area contributed by atoms with E-state index >= 15 is 0 Å². The summed E-state index contributed by atoms with van der Waals surface area (Å²) in [6.45, 7) is -0.470. The largest absolute Gasteiger partial charge is 0.353 e. The van der Waals surface area contributed by atoms with E-state index in [9.17, 15) is 18.9 Å². The topological polar surface area (TPSA) is 73.0 Å². The van der Waals surface area contributed by atoms with Gasteiger partial charge in [-0.1, -0.05) is 0 Å². The zero-order valence-corrected chi connectivity index (χ0v) is 9.66. The number of hydrogen-bond acceptors (Lipinski definition) is 4. The Bertz CT molecular complexity index is 568. The molecule has 6 nitrogen and oxygen atoms in total. The normalized spacial score (nSPS) is 10.7. The first-order valence-electron chi connectivity index (χ1n) is 5.36. The van der Waals surface area contributed by atoms with Crippen LogP contribution in [0.5, 0.6) is 0 Å². The molecule has 1 aromatic carbocycles. The Kier molecular flexibility index (Phi) is 3.69. The molecule has 0 bridgehead atoms. The van der Waals surface area contributed by atoms with Crippen LogP contribution in [0.25, 0.3) is 0 Å². The van der Waals surface area contributed by atoms with E-state index < -0.39 is 17.9 Å². The van der Waals surface area contributed by atoms with E-state index in [0.717, 1.165) is 4.68 Å². The lowest BCUT2D eigenvalue weighted by Gasteiger charge is -2.02. The molecule has 0 radical (unpaired) electrons. The molecule has 8 heteroatoms. The predicted octanol–water partition coefficient (Wildman–Crippen LogP) is 2.80. The number of nitro groups is 1. The smallest absolute Gasteiger partial charge is 0.269 e. The van der Waals surface area contributed by atoms with E-state index in [1.54, 1.807) is 0 Å². The highest BCUT2D eigenvalue weighted by atomic mass is 19.3. The molecule has 0 atom stereocenters. The van der Waals surface area contributed by atoms with Gasteiger partial charge >= 0.3 is 0 Å². The quantitative estimate of drug-likeness (QED) is 0.668. The van der Waals surface area contributed by atoms with Crippen molar-refractivity contribution in [3.8, 4) is 0 Å². The van der Waals surface area contributed by atoms with Gasteiger partial charge in [0, 0.05) is 24.0 Å². The molecule has 0 saturated heterocycles. The van der Waals surface area contributed by atoms with E-state index in [0.29, 0.717) is 11.4 Å². The lowest BCUT2D eigenvalue weighted by molar-refractivity contribution is -0.384. The highest BCUT2D eigenvalue weighted by Crippen LogP contribution is 2.19. The third-order valence-corrected chi connectivity index (χ3v) is 2.33. The summed E-state index contributed by atoms with van der Waals surface area (Å²) in [5.74, 6) is 0. The monoisotopic (exact) mass is 268 g/mol. The van der Waals surface area contributed by atoms with Crippen molar-refractivity contribution >= 4 is 17.1 Å². The highest BCUT2D eigenvalue weighted by Gasteiger charge is 2.07. The Hall–Kier alpha value is -2.51. The molecular weight excluding hydrogens is 258 g/mol. The van der Waals surface area contributed by atoms with Gasteiger partial charge in [0.1, 0.15) is 6.54 Å². The molecule has 0 spiro atoms. The van der Waals surface area contributed by atoms with Gasteiger partial charge in [0.05, 0.1) is 16.8 Å². The highest BCUT2D eigenvalue weighted by molar-refractivity contribution is 5.59. The van der Waals surface area contributed by atoms with E-state index in [1.807, 2.05) is 0 Å². The molecule has 1 aromatic heterocycles. The van der Waals surface area contributed by atoms with Gasteiger partial charge in [0.25, 0.3) is 12.1 Å². The number of alkyl halides is 2. The van der Waals surface area contributed by atoms with Crippen LogP contribution in [0.1, 0.15) is 0 Å². The van der Waals surface area contributed by atoms with Gasteiger partial charge in [-0.05, 0) is 12.1 Å². The predicted molar refractivity (Wildman–Crippen MR) is 64.6 cm³/mol. The van der Waals surface area contributed by atoms with Crippen molar-refractivity contribution in [3.05, 3.63) is 46.8 Å². The maximum atomic E-state index is 12.1. The fraction of sp³-hybridized carbons (Fsp3) is 0.182. The Morgan fingerprint density at radius 1 is 1.32 bits per heavy atom. The summed E-state index contributed by atoms with van der Waals surface area (Å²) >= 11 is 0. The van der Waals surface area contributed by atoms with Gasteiger partial charge in [-0.3, -0.25) is 14.8 Å². The minimum absolute atomic E-state index is 0.0149. The summed E-state index contributed by atoms with van der Waals surface area (Å²) < 4.78 is 25.4. The van der Waals surface area contributed by atoms with Gasteiger partial charge in [-0.25, -0.2) is 8.78 Å². The molecule has 0 saturated carbocycles. The summed E-state index contributed by atoms with van der Waals surface area (Å²) in [5, 5.41) is 17.2. The fourth-order valence-electron chi connectivity index (χ4n) is 1.50. The van der Waals surface area contributed by atoms with Crippen molar-refractivity contribution in [2.75, 3.05) is 5.32 Å². The summed E-state index contributed by atoms with van der Waals surface area (Å²) in [6.07, 6.45) is 0.379. The molecule has 100 valence electrons. The molecule has 2 aromatic rings. The molecule has 1 N–H and O–H groups in total. The van der Waals surface area contributed by atoms with Crippen LogP contribution in [0.4, 0.5) is 25.8 Å². The molecule has 2 rings (SSSR count). The first-order chi connectivity index (χ1) is 9.04. The minimum atomic E-state index is -2.47. The zero-order chi connectivity index (χ0) is 13.8. The minimum Gasteiger partial charge on any atom is -0.353 e. The summed E-state index contributed by atoms with van der Waals surface area (Å²) in [6, 6.07) is 5.77. The second-order valence-electron chi connectivity index (χ2n) is 3.77. The van der Waals surface area contributed by atoms with E-state index in [4.69, 9.17) is 0 Å². The van der Waals surface area contributed by atoms with Crippen LogP contribution in [0, 0.1) is 10.1 Å². The molecular formula is C11H10F2N4O2. The third-order valence-electron chi connectivity index (χ3n) is 2.33. The van der Waals surface area contributed by atoms with Crippen LogP contribution in [0.15, 0.2) is 36.7 Å². The Morgan fingerprint density at radius 3 is 2.58 bits per heavy atom. The van der Waals surface area contributed by atoms with Gasteiger partial charge in [-0.2, -0.15) is 5.10 Å². The maximum Gasteiger partial charge on any atom is 0.269 e.